The molecule has 0 amide bonds. The van der Waals surface area contributed by atoms with Gasteiger partial charge in [-0.1, -0.05) is 0 Å². The number of aliphatic hydroxyl groups is 1. The highest BCUT2D eigenvalue weighted by Crippen LogP contribution is 2.33. The van der Waals surface area contributed by atoms with E-state index in [2.05, 4.69) is 4.90 Å². The minimum Gasteiger partial charge on any atom is -0.481 e. The van der Waals surface area contributed by atoms with Crippen LogP contribution >= 0.6 is 0 Å². The molecule has 0 aromatic carbocycles. The van der Waals surface area contributed by atoms with E-state index in [0.29, 0.717) is 6.54 Å². The van der Waals surface area contributed by atoms with Gasteiger partial charge in [0.2, 0.25) is 0 Å². The summed E-state index contributed by atoms with van der Waals surface area (Å²) in [6, 6.07) is 0. The summed E-state index contributed by atoms with van der Waals surface area (Å²) < 4.78 is 0. The summed E-state index contributed by atoms with van der Waals surface area (Å²) in [4.78, 5) is 12.7. The SMILES string of the molecule is O=C(O)CC(O)CN(CC1CC1)CC1CC1. The lowest BCUT2D eigenvalue weighted by molar-refractivity contribution is -0.139. The van der Waals surface area contributed by atoms with Crippen molar-refractivity contribution >= 4 is 5.97 Å². The van der Waals surface area contributed by atoms with Gasteiger partial charge >= 0.3 is 5.97 Å². The first-order valence-electron chi connectivity index (χ1n) is 6.25. The quantitative estimate of drug-likeness (QED) is 0.648. The van der Waals surface area contributed by atoms with E-state index in [9.17, 15) is 9.90 Å². The van der Waals surface area contributed by atoms with Crippen LogP contribution in [0, 0.1) is 11.8 Å². The van der Waals surface area contributed by atoms with Gasteiger partial charge in [0.25, 0.3) is 0 Å². The fraction of sp³-hybridized carbons (Fsp3) is 0.917. The second-order valence-corrected chi connectivity index (χ2v) is 5.36. The van der Waals surface area contributed by atoms with Crippen molar-refractivity contribution in [3.05, 3.63) is 0 Å². The van der Waals surface area contributed by atoms with Gasteiger partial charge in [0.1, 0.15) is 0 Å². The van der Waals surface area contributed by atoms with E-state index in [4.69, 9.17) is 5.11 Å². The number of carbonyl (C=O) groups is 1. The number of aliphatic carboxylic acids is 1. The number of hydrogen-bond donors (Lipinski definition) is 2. The fourth-order valence-corrected chi connectivity index (χ4v) is 2.12. The first kappa shape index (κ1) is 11.9. The molecule has 2 aliphatic rings. The molecular formula is C12H21NO3. The molecule has 0 spiro atoms. The molecule has 0 radical (unpaired) electrons. The van der Waals surface area contributed by atoms with Crippen molar-refractivity contribution < 1.29 is 15.0 Å². The second kappa shape index (κ2) is 5.15. The molecule has 0 saturated heterocycles. The van der Waals surface area contributed by atoms with Gasteiger partial charge in [-0.05, 0) is 37.5 Å². The molecule has 1 unspecified atom stereocenters. The molecule has 4 heteroatoms. The van der Waals surface area contributed by atoms with E-state index in [1.165, 1.54) is 25.7 Å². The van der Waals surface area contributed by atoms with Crippen LogP contribution in [0.25, 0.3) is 0 Å². The van der Waals surface area contributed by atoms with Crippen molar-refractivity contribution in [3.8, 4) is 0 Å². The molecule has 0 heterocycles. The number of carboxylic acid groups (broad SMARTS) is 1. The van der Waals surface area contributed by atoms with Crippen molar-refractivity contribution in [1.29, 1.82) is 0 Å². The van der Waals surface area contributed by atoms with Crippen molar-refractivity contribution in [1.82, 2.24) is 4.90 Å². The highest BCUT2D eigenvalue weighted by atomic mass is 16.4. The molecule has 0 aliphatic heterocycles. The molecule has 2 aliphatic carbocycles. The first-order valence-corrected chi connectivity index (χ1v) is 6.25. The normalized spacial score (nSPS) is 22.4. The zero-order valence-electron chi connectivity index (χ0n) is 9.64. The highest BCUT2D eigenvalue weighted by Gasteiger charge is 2.30. The van der Waals surface area contributed by atoms with Gasteiger partial charge in [-0.2, -0.15) is 0 Å². The molecule has 2 N–H and O–H groups in total. The average molecular weight is 227 g/mol. The Hall–Kier alpha value is -0.610. The lowest BCUT2D eigenvalue weighted by atomic mass is 10.2. The summed E-state index contributed by atoms with van der Waals surface area (Å²) in [6.45, 7) is 2.62. The van der Waals surface area contributed by atoms with Crippen LogP contribution in [0.4, 0.5) is 0 Å². The molecular weight excluding hydrogens is 206 g/mol. The Kier molecular flexibility index (Phi) is 3.82. The standard InChI is InChI=1S/C12H21NO3/c14-11(5-12(15)16)8-13(6-9-1-2-9)7-10-3-4-10/h9-11,14H,1-8H2,(H,15,16). The predicted molar refractivity (Wildman–Crippen MR) is 60.1 cm³/mol. The summed E-state index contributed by atoms with van der Waals surface area (Å²) in [5.41, 5.74) is 0. The Morgan fingerprint density at radius 3 is 2.06 bits per heavy atom. The molecule has 2 saturated carbocycles. The highest BCUT2D eigenvalue weighted by molar-refractivity contribution is 5.67. The molecule has 0 bridgehead atoms. The number of hydrogen-bond acceptors (Lipinski definition) is 3. The molecule has 92 valence electrons. The number of carboxylic acids is 1. The van der Waals surface area contributed by atoms with Crippen LogP contribution in [-0.4, -0.2) is 46.8 Å². The predicted octanol–water partition coefficient (Wildman–Crippen LogP) is 0.944. The maximum atomic E-state index is 10.5. The van der Waals surface area contributed by atoms with Crippen LogP contribution in [0.5, 0.6) is 0 Å². The Labute approximate surface area is 96.3 Å². The van der Waals surface area contributed by atoms with Gasteiger partial charge in [0.05, 0.1) is 12.5 Å². The molecule has 1 atom stereocenters. The van der Waals surface area contributed by atoms with Gasteiger partial charge in [-0.3, -0.25) is 4.79 Å². The third kappa shape index (κ3) is 4.49. The Morgan fingerprint density at radius 2 is 1.69 bits per heavy atom. The number of aliphatic hydroxyl groups excluding tert-OH is 1. The van der Waals surface area contributed by atoms with Crippen molar-refractivity contribution in [2.75, 3.05) is 19.6 Å². The fourth-order valence-electron chi connectivity index (χ4n) is 2.12. The van der Waals surface area contributed by atoms with E-state index in [0.717, 1.165) is 24.9 Å². The van der Waals surface area contributed by atoms with Crippen molar-refractivity contribution in [3.63, 3.8) is 0 Å². The monoisotopic (exact) mass is 227 g/mol. The first-order chi connectivity index (χ1) is 7.63. The summed E-state index contributed by atoms with van der Waals surface area (Å²) in [5, 5.41) is 18.2. The lowest BCUT2D eigenvalue weighted by Crippen LogP contribution is -2.36. The van der Waals surface area contributed by atoms with Gasteiger partial charge < -0.3 is 15.1 Å². The molecule has 4 nitrogen and oxygen atoms in total. The van der Waals surface area contributed by atoms with Crippen LogP contribution in [0.3, 0.4) is 0 Å². The zero-order valence-corrected chi connectivity index (χ0v) is 9.64. The molecule has 0 aromatic rings. The molecule has 0 aromatic heterocycles. The van der Waals surface area contributed by atoms with Crippen LogP contribution in [-0.2, 0) is 4.79 Å². The maximum Gasteiger partial charge on any atom is 0.306 e. The van der Waals surface area contributed by atoms with Gasteiger partial charge in [0, 0.05) is 19.6 Å². The number of rotatable bonds is 8. The topological polar surface area (TPSA) is 60.8 Å². The third-order valence-electron chi connectivity index (χ3n) is 3.31. The Bertz CT molecular complexity index is 235. The van der Waals surface area contributed by atoms with Crippen LogP contribution < -0.4 is 0 Å². The van der Waals surface area contributed by atoms with Crippen molar-refractivity contribution in [2.24, 2.45) is 11.8 Å². The molecule has 2 fully saturated rings. The Morgan fingerprint density at radius 1 is 1.19 bits per heavy atom. The minimum atomic E-state index is -0.912. The van der Waals surface area contributed by atoms with E-state index in [1.54, 1.807) is 0 Å². The summed E-state index contributed by atoms with van der Waals surface area (Å²) in [6.07, 6.45) is 4.36. The smallest absolute Gasteiger partial charge is 0.306 e. The van der Waals surface area contributed by atoms with E-state index >= 15 is 0 Å². The third-order valence-corrected chi connectivity index (χ3v) is 3.31. The minimum absolute atomic E-state index is 0.133. The van der Waals surface area contributed by atoms with E-state index in [-0.39, 0.29) is 6.42 Å². The second-order valence-electron chi connectivity index (χ2n) is 5.36. The summed E-state index contributed by atoms with van der Waals surface area (Å²) >= 11 is 0. The summed E-state index contributed by atoms with van der Waals surface area (Å²) in [7, 11) is 0. The molecule has 2 rings (SSSR count). The maximum absolute atomic E-state index is 10.5. The van der Waals surface area contributed by atoms with Gasteiger partial charge in [-0.15, -0.1) is 0 Å². The molecule has 16 heavy (non-hydrogen) atoms. The summed E-state index contributed by atoms with van der Waals surface area (Å²) in [5.74, 6) is 0.692. The van der Waals surface area contributed by atoms with Crippen LogP contribution in [0.15, 0.2) is 0 Å². The van der Waals surface area contributed by atoms with Crippen LogP contribution in [0.2, 0.25) is 0 Å². The van der Waals surface area contributed by atoms with Crippen LogP contribution in [0.1, 0.15) is 32.1 Å². The van der Waals surface area contributed by atoms with Crippen molar-refractivity contribution in [2.45, 2.75) is 38.2 Å². The lowest BCUT2D eigenvalue weighted by Gasteiger charge is -2.24. The Balaban J connectivity index is 1.72. The van der Waals surface area contributed by atoms with Gasteiger partial charge in [0.15, 0.2) is 0 Å². The van der Waals surface area contributed by atoms with E-state index in [1.807, 2.05) is 0 Å². The largest absolute Gasteiger partial charge is 0.481 e. The van der Waals surface area contributed by atoms with E-state index < -0.39 is 12.1 Å². The van der Waals surface area contributed by atoms with Gasteiger partial charge in [-0.25, -0.2) is 0 Å². The number of nitrogens with zero attached hydrogens (tertiary/aromatic N) is 1. The zero-order chi connectivity index (χ0) is 11.5. The average Bonchev–Trinajstić information content (AvgIpc) is 2.97.